The maximum Gasteiger partial charge on any atom is 0.0620 e. The third-order valence-corrected chi connectivity index (χ3v) is 3.84. The molecular weight excluding hydrogens is 212 g/mol. The highest BCUT2D eigenvalue weighted by Gasteiger charge is 2.05. The molecule has 1 aromatic heterocycles. The van der Waals surface area contributed by atoms with Crippen molar-refractivity contribution in [1.29, 1.82) is 0 Å². The predicted molar refractivity (Wildman–Crippen MR) is 66.3 cm³/mol. The van der Waals surface area contributed by atoms with Crippen molar-refractivity contribution in [2.75, 3.05) is 0 Å². The maximum atomic E-state index is 6.16. The number of allylic oxidation sites excluding steroid dienone is 1. The highest BCUT2D eigenvalue weighted by Crippen LogP contribution is 2.35. The first-order chi connectivity index (χ1) is 6.72. The molecule has 0 nitrogen and oxygen atoms in total. The molecule has 0 saturated carbocycles. The van der Waals surface area contributed by atoms with Gasteiger partial charge in [-0.2, -0.15) is 0 Å². The van der Waals surface area contributed by atoms with Gasteiger partial charge in [-0.3, -0.25) is 0 Å². The minimum Gasteiger partial charge on any atom is -0.139 e. The molecule has 2 aromatic rings. The molecule has 0 bridgehead atoms. The first-order valence-corrected chi connectivity index (χ1v) is 5.73. The number of rotatable bonds is 1. The minimum atomic E-state index is 0.900. The zero-order valence-electron chi connectivity index (χ0n) is 8.17. The smallest absolute Gasteiger partial charge is 0.0620 e. The number of fused-ring (bicyclic) bond motifs is 1. The highest BCUT2D eigenvalue weighted by atomic mass is 35.5. The van der Waals surface area contributed by atoms with Crippen LogP contribution in [0, 0.1) is 6.92 Å². The van der Waals surface area contributed by atoms with Gasteiger partial charge in [0.2, 0.25) is 0 Å². The Morgan fingerprint density at radius 2 is 2.14 bits per heavy atom. The molecule has 1 aromatic carbocycles. The van der Waals surface area contributed by atoms with E-state index in [2.05, 4.69) is 31.2 Å². The molecule has 0 atom stereocenters. The Bertz CT molecular complexity index is 494. The summed E-state index contributed by atoms with van der Waals surface area (Å²) in [7, 11) is 0. The minimum absolute atomic E-state index is 0.900. The van der Waals surface area contributed by atoms with Gasteiger partial charge < -0.3 is 0 Å². The summed E-state index contributed by atoms with van der Waals surface area (Å²) in [6.45, 7) is 4.08. The lowest BCUT2D eigenvalue weighted by atomic mass is 10.1. The van der Waals surface area contributed by atoms with E-state index < -0.39 is 0 Å². The lowest BCUT2D eigenvalue weighted by Gasteiger charge is -1.93. The first kappa shape index (κ1) is 9.75. The molecule has 2 rings (SSSR count). The SMILES string of the molecule is C/C=C/c1ccc2c(Cl)c(C)sc2c1. The molecule has 0 N–H and O–H groups in total. The average molecular weight is 223 g/mol. The summed E-state index contributed by atoms with van der Waals surface area (Å²) in [6, 6.07) is 6.37. The molecule has 0 fully saturated rings. The normalized spacial score (nSPS) is 11.6. The van der Waals surface area contributed by atoms with E-state index in [0.717, 1.165) is 5.02 Å². The molecule has 0 aliphatic heterocycles. The lowest BCUT2D eigenvalue weighted by Crippen LogP contribution is -1.70. The third-order valence-electron chi connectivity index (χ3n) is 2.17. The number of halogens is 1. The van der Waals surface area contributed by atoms with Crippen LogP contribution >= 0.6 is 22.9 Å². The van der Waals surface area contributed by atoms with Gasteiger partial charge in [-0.1, -0.05) is 35.9 Å². The van der Waals surface area contributed by atoms with Crippen molar-refractivity contribution >= 4 is 39.1 Å². The molecule has 2 heteroatoms. The second-order valence-electron chi connectivity index (χ2n) is 3.23. The van der Waals surface area contributed by atoms with Gasteiger partial charge in [0.1, 0.15) is 0 Å². The van der Waals surface area contributed by atoms with Crippen molar-refractivity contribution in [2.45, 2.75) is 13.8 Å². The van der Waals surface area contributed by atoms with Crippen LogP contribution in [0.1, 0.15) is 17.4 Å². The number of hydrogen-bond donors (Lipinski definition) is 0. The zero-order chi connectivity index (χ0) is 10.1. The van der Waals surface area contributed by atoms with E-state index in [0.29, 0.717) is 0 Å². The zero-order valence-corrected chi connectivity index (χ0v) is 9.75. The fourth-order valence-electron chi connectivity index (χ4n) is 1.50. The van der Waals surface area contributed by atoms with Gasteiger partial charge in [0.05, 0.1) is 5.02 Å². The second kappa shape index (κ2) is 3.76. The highest BCUT2D eigenvalue weighted by molar-refractivity contribution is 7.19. The molecule has 0 radical (unpaired) electrons. The van der Waals surface area contributed by atoms with Gasteiger partial charge in [0.25, 0.3) is 0 Å². The van der Waals surface area contributed by atoms with Crippen molar-refractivity contribution in [3.63, 3.8) is 0 Å². The summed E-state index contributed by atoms with van der Waals surface area (Å²) in [6.07, 6.45) is 4.14. The van der Waals surface area contributed by atoms with E-state index in [1.165, 1.54) is 20.5 Å². The molecule has 0 aliphatic rings. The molecule has 72 valence electrons. The second-order valence-corrected chi connectivity index (χ2v) is 4.86. The molecule has 14 heavy (non-hydrogen) atoms. The van der Waals surface area contributed by atoms with E-state index in [9.17, 15) is 0 Å². The molecule has 0 amide bonds. The fraction of sp³-hybridized carbons (Fsp3) is 0.167. The Balaban J connectivity index is 2.67. The number of thiophene rings is 1. The number of benzene rings is 1. The van der Waals surface area contributed by atoms with Gasteiger partial charge in [-0.05, 0) is 25.5 Å². The van der Waals surface area contributed by atoms with E-state index in [1.54, 1.807) is 11.3 Å². The topological polar surface area (TPSA) is 0 Å². The summed E-state index contributed by atoms with van der Waals surface area (Å²) in [5, 5.41) is 2.07. The summed E-state index contributed by atoms with van der Waals surface area (Å²) >= 11 is 7.92. The van der Waals surface area contributed by atoms with Gasteiger partial charge >= 0.3 is 0 Å². The first-order valence-electron chi connectivity index (χ1n) is 4.53. The molecule has 1 heterocycles. The van der Waals surface area contributed by atoms with Crippen molar-refractivity contribution in [3.05, 3.63) is 39.7 Å². The van der Waals surface area contributed by atoms with Crippen molar-refractivity contribution < 1.29 is 0 Å². The molecule has 0 saturated heterocycles. The standard InChI is InChI=1S/C12H11ClS/c1-3-4-9-5-6-10-11(7-9)14-8(2)12(10)13/h3-7H,1-2H3/b4-3+. The Kier molecular flexibility index (Phi) is 2.62. The summed E-state index contributed by atoms with van der Waals surface area (Å²) in [5.74, 6) is 0. The molecule has 0 spiro atoms. The average Bonchev–Trinajstić information content (AvgIpc) is 2.43. The van der Waals surface area contributed by atoms with Gasteiger partial charge in [0.15, 0.2) is 0 Å². The van der Waals surface area contributed by atoms with E-state index in [4.69, 9.17) is 11.6 Å². The number of hydrogen-bond acceptors (Lipinski definition) is 1. The van der Waals surface area contributed by atoms with Gasteiger partial charge in [0, 0.05) is 15.0 Å². The largest absolute Gasteiger partial charge is 0.139 e. The van der Waals surface area contributed by atoms with E-state index in [-0.39, 0.29) is 0 Å². The van der Waals surface area contributed by atoms with Crippen LogP contribution in [0.3, 0.4) is 0 Å². The summed E-state index contributed by atoms with van der Waals surface area (Å²) in [5.41, 5.74) is 1.23. The van der Waals surface area contributed by atoms with Crippen LogP contribution in [0.4, 0.5) is 0 Å². The van der Waals surface area contributed by atoms with E-state index >= 15 is 0 Å². The molecular formula is C12H11ClS. The molecule has 0 unspecified atom stereocenters. The van der Waals surface area contributed by atoms with Crippen LogP contribution in [-0.2, 0) is 0 Å². The van der Waals surface area contributed by atoms with Crippen LogP contribution in [0.2, 0.25) is 5.02 Å². The quantitative estimate of drug-likeness (QED) is 0.644. The van der Waals surface area contributed by atoms with Crippen LogP contribution in [0.5, 0.6) is 0 Å². The summed E-state index contributed by atoms with van der Waals surface area (Å²) < 4.78 is 1.27. The Morgan fingerprint density at radius 1 is 1.36 bits per heavy atom. The number of aryl methyl sites for hydroxylation is 1. The Labute approximate surface area is 92.8 Å². The predicted octanol–water partition coefficient (Wildman–Crippen LogP) is 4.90. The van der Waals surface area contributed by atoms with E-state index in [1.807, 2.05) is 13.0 Å². The van der Waals surface area contributed by atoms with Crippen LogP contribution < -0.4 is 0 Å². The van der Waals surface area contributed by atoms with Gasteiger partial charge in [-0.15, -0.1) is 11.3 Å². The van der Waals surface area contributed by atoms with Crippen LogP contribution in [-0.4, -0.2) is 0 Å². The van der Waals surface area contributed by atoms with Crippen LogP contribution in [0.25, 0.3) is 16.2 Å². The van der Waals surface area contributed by atoms with Crippen molar-refractivity contribution in [2.24, 2.45) is 0 Å². The monoisotopic (exact) mass is 222 g/mol. The fourth-order valence-corrected chi connectivity index (χ4v) is 2.84. The third kappa shape index (κ3) is 1.58. The van der Waals surface area contributed by atoms with Crippen LogP contribution in [0.15, 0.2) is 24.3 Å². The Morgan fingerprint density at radius 3 is 2.86 bits per heavy atom. The maximum absolute atomic E-state index is 6.16. The summed E-state index contributed by atoms with van der Waals surface area (Å²) in [4.78, 5) is 1.19. The van der Waals surface area contributed by atoms with Crippen molar-refractivity contribution in [1.82, 2.24) is 0 Å². The van der Waals surface area contributed by atoms with Crippen molar-refractivity contribution in [3.8, 4) is 0 Å². The lowest BCUT2D eigenvalue weighted by molar-refractivity contribution is 1.65. The van der Waals surface area contributed by atoms with Gasteiger partial charge in [-0.25, -0.2) is 0 Å². The Hall–Kier alpha value is -0.790. The molecule has 0 aliphatic carbocycles.